The normalized spacial score (nSPS) is 11.4. The Morgan fingerprint density at radius 2 is 2.17 bits per heavy atom. The summed E-state index contributed by atoms with van der Waals surface area (Å²) < 4.78 is 37.4. The number of nitrogens with zero attached hydrogens (tertiary/aromatic N) is 1. The third-order valence-electron chi connectivity index (χ3n) is 2.05. The van der Waals surface area contributed by atoms with Crippen LogP contribution in [0.1, 0.15) is 11.3 Å². The number of pyridine rings is 1. The van der Waals surface area contributed by atoms with Gasteiger partial charge in [-0.3, -0.25) is 9.78 Å². The molecule has 0 saturated carbocycles. The molecule has 0 radical (unpaired) electrons. The van der Waals surface area contributed by atoms with Crippen molar-refractivity contribution in [1.82, 2.24) is 10.3 Å². The van der Waals surface area contributed by atoms with Gasteiger partial charge in [0.1, 0.15) is 0 Å². The molecule has 0 bridgehead atoms. The van der Waals surface area contributed by atoms with Gasteiger partial charge in [-0.05, 0) is 6.07 Å². The second-order valence-corrected chi connectivity index (χ2v) is 4.55. The maximum Gasteiger partial charge on any atom is 0.417 e. The predicted octanol–water partition coefficient (Wildman–Crippen LogP) is 2.85. The van der Waals surface area contributed by atoms with Crippen molar-refractivity contribution in [1.29, 1.82) is 0 Å². The van der Waals surface area contributed by atoms with Crippen LogP contribution in [-0.4, -0.2) is 21.9 Å². The van der Waals surface area contributed by atoms with E-state index in [2.05, 4.69) is 10.3 Å². The van der Waals surface area contributed by atoms with Crippen LogP contribution in [0, 0.1) is 0 Å². The fourth-order valence-electron chi connectivity index (χ4n) is 1.17. The first-order chi connectivity index (χ1) is 8.34. The van der Waals surface area contributed by atoms with Gasteiger partial charge in [-0.15, -0.1) is 0 Å². The molecular weight excluding hydrogens is 383 g/mol. The summed E-state index contributed by atoms with van der Waals surface area (Å²) in [7, 11) is 0. The zero-order valence-electron chi connectivity index (χ0n) is 9.02. The summed E-state index contributed by atoms with van der Waals surface area (Å²) in [5.74, 6) is -0.140. The highest BCUT2D eigenvalue weighted by Crippen LogP contribution is 2.30. The summed E-state index contributed by atoms with van der Waals surface area (Å²) in [6.07, 6.45) is -3.43. The molecule has 0 saturated heterocycles. The fourth-order valence-corrected chi connectivity index (χ4v) is 1.70. The smallest absolute Gasteiger partial charge is 0.355 e. The number of hydrogen-bond donors (Lipinski definition) is 1. The minimum Gasteiger partial charge on any atom is -0.355 e. The molecule has 0 unspecified atom stereocenters. The van der Waals surface area contributed by atoms with E-state index in [-0.39, 0.29) is 10.9 Å². The highest BCUT2D eigenvalue weighted by Gasteiger charge is 2.31. The van der Waals surface area contributed by atoms with Gasteiger partial charge >= 0.3 is 6.18 Å². The van der Waals surface area contributed by atoms with Crippen LogP contribution < -0.4 is 5.32 Å². The van der Waals surface area contributed by atoms with Crippen LogP contribution >= 0.6 is 34.2 Å². The van der Waals surface area contributed by atoms with Crippen LogP contribution in [-0.2, 0) is 17.4 Å². The third-order valence-corrected chi connectivity index (χ3v) is 3.07. The maximum absolute atomic E-state index is 12.3. The minimum atomic E-state index is -4.45. The predicted molar refractivity (Wildman–Crippen MR) is 69.8 cm³/mol. The van der Waals surface area contributed by atoms with E-state index >= 15 is 0 Å². The van der Waals surface area contributed by atoms with E-state index in [0.717, 1.165) is 12.3 Å². The second kappa shape index (κ2) is 6.55. The minimum absolute atomic E-state index is 0.0476. The van der Waals surface area contributed by atoms with Crippen molar-refractivity contribution < 1.29 is 18.0 Å². The first kappa shape index (κ1) is 15.5. The van der Waals surface area contributed by atoms with Gasteiger partial charge in [0.15, 0.2) is 0 Å². The Hall–Kier alpha value is -0.570. The van der Waals surface area contributed by atoms with Gasteiger partial charge in [0.2, 0.25) is 5.91 Å². The van der Waals surface area contributed by atoms with Crippen molar-refractivity contribution >= 4 is 40.1 Å². The SMILES string of the molecule is O=C(CI)NCCc1ncc(C(F)(F)F)cc1Cl. The lowest BCUT2D eigenvalue weighted by molar-refractivity contribution is -0.137. The molecule has 1 aromatic heterocycles. The molecule has 18 heavy (non-hydrogen) atoms. The molecule has 1 amide bonds. The molecule has 1 rings (SSSR count). The summed E-state index contributed by atoms with van der Waals surface area (Å²) in [6.45, 7) is 0.292. The van der Waals surface area contributed by atoms with E-state index in [4.69, 9.17) is 11.6 Å². The highest BCUT2D eigenvalue weighted by atomic mass is 127. The standard InChI is InChI=1S/C10H9ClF3IN2O/c11-7-3-6(10(12,13)14)5-17-8(7)1-2-16-9(18)4-15/h3,5H,1-2,4H2,(H,16,18). The molecule has 3 nitrogen and oxygen atoms in total. The number of carbonyl (C=O) groups is 1. The van der Waals surface area contributed by atoms with Crippen LogP contribution in [0.2, 0.25) is 5.02 Å². The van der Waals surface area contributed by atoms with Crippen molar-refractivity contribution in [3.63, 3.8) is 0 Å². The highest BCUT2D eigenvalue weighted by molar-refractivity contribution is 14.1. The average molecular weight is 393 g/mol. The van der Waals surface area contributed by atoms with Crippen LogP contribution in [0.25, 0.3) is 0 Å². The van der Waals surface area contributed by atoms with Gasteiger partial charge in [-0.25, -0.2) is 0 Å². The molecule has 8 heteroatoms. The van der Waals surface area contributed by atoms with Crippen molar-refractivity contribution in [2.75, 3.05) is 11.0 Å². The Morgan fingerprint density at radius 1 is 1.50 bits per heavy atom. The van der Waals surface area contributed by atoms with E-state index in [9.17, 15) is 18.0 Å². The molecule has 0 fully saturated rings. The summed E-state index contributed by atoms with van der Waals surface area (Å²) in [4.78, 5) is 14.6. The van der Waals surface area contributed by atoms with E-state index in [1.165, 1.54) is 0 Å². The topological polar surface area (TPSA) is 42.0 Å². The molecule has 1 N–H and O–H groups in total. The Kier molecular flexibility index (Phi) is 5.64. The van der Waals surface area contributed by atoms with Crippen LogP contribution in [0.5, 0.6) is 0 Å². The molecule has 100 valence electrons. The van der Waals surface area contributed by atoms with Crippen LogP contribution in [0.4, 0.5) is 13.2 Å². The van der Waals surface area contributed by atoms with E-state index < -0.39 is 11.7 Å². The lowest BCUT2D eigenvalue weighted by Crippen LogP contribution is -2.26. The summed E-state index contributed by atoms with van der Waals surface area (Å²) in [5, 5.41) is 2.54. The lowest BCUT2D eigenvalue weighted by Gasteiger charge is -2.09. The van der Waals surface area contributed by atoms with Crippen molar-refractivity contribution in [2.24, 2.45) is 0 Å². The van der Waals surface area contributed by atoms with E-state index in [1.54, 1.807) is 0 Å². The van der Waals surface area contributed by atoms with Gasteiger partial charge < -0.3 is 5.32 Å². The number of alkyl halides is 4. The van der Waals surface area contributed by atoms with E-state index in [1.807, 2.05) is 22.6 Å². The van der Waals surface area contributed by atoms with E-state index in [0.29, 0.717) is 23.1 Å². The molecule has 0 atom stereocenters. The Morgan fingerprint density at radius 3 is 2.67 bits per heavy atom. The summed E-state index contributed by atoms with van der Waals surface area (Å²) in [5.41, 5.74) is -0.550. The van der Waals surface area contributed by atoms with Gasteiger partial charge in [0.25, 0.3) is 0 Å². The number of hydrogen-bond acceptors (Lipinski definition) is 2. The first-order valence-electron chi connectivity index (χ1n) is 4.89. The van der Waals surface area contributed by atoms with Crippen molar-refractivity contribution in [3.8, 4) is 0 Å². The fraction of sp³-hybridized carbons (Fsp3) is 0.400. The number of halogens is 5. The summed E-state index contributed by atoms with van der Waals surface area (Å²) >= 11 is 7.62. The Labute approximate surface area is 120 Å². The quantitative estimate of drug-likeness (QED) is 0.632. The zero-order chi connectivity index (χ0) is 13.8. The molecule has 0 aliphatic carbocycles. The summed E-state index contributed by atoms with van der Waals surface area (Å²) in [6, 6.07) is 0.837. The van der Waals surface area contributed by atoms with Gasteiger partial charge in [-0.1, -0.05) is 34.2 Å². The van der Waals surface area contributed by atoms with Crippen molar-refractivity contribution in [3.05, 3.63) is 28.5 Å². The largest absolute Gasteiger partial charge is 0.417 e. The lowest BCUT2D eigenvalue weighted by atomic mass is 10.2. The second-order valence-electron chi connectivity index (χ2n) is 3.38. The molecular formula is C10H9ClF3IN2O. The third kappa shape index (κ3) is 4.60. The number of nitrogens with one attached hydrogen (secondary N) is 1. The first-order valence-corrected chi connectivity index (χ1v) is 6.79. The van der Waals surface area contributed by atoms with Crippen LogP contribution in [0.3, 0.4) is 0 Å². The number of carbonyl (C=O) groups excluding carboxylic acids is 1. The van der Waals surface area contributed by atoms with Crippen molar-refractivity contribution in [2.45, 2.75) is 12.6 Å². The average Bonchev–Trinajstić information content (AvgIpc) is 2.29. The number of amides is 1. The number of aromatic nitrogens is 1. The molecule has 0 spiro atoms. The van der Waals surface area contributed by atoms with Gasteiger partial charge in [0, 0.05) is 19.2 Å². The number of rotatable bonds is 4. The Bertz CT molecular complexity index is 440. The molecule has 0 aliphatic rings. The molecule has 1 heterocycles. The molecule has 0 aromatic carbocycles. The Balaban J connectivity index is 2.66. The maximum atomic E-state index is 12.3. The monoisotopic (exact) mass is 392 g/mol. The van der Waals surface area contributed by atoms with Gasteiger partial charge in [-0.2, -0.15) is 13.2 Å². The van der Waals surface area contributed by atoms with Crippen LogP contribution in [0.15, 0.2) is 12.3 Å². The zero-order valence-corrected chi connectivity index (χ0v) is 11.9. The van der Waals surface area contributed by atoms with Gasteiger partial charge in [0.05, 0.1) is 20.7 Å². The molecule has 1 aromatic rings. The molecule has 0 aliphatic heterocycles.